The van der Waals surface area contributed by atoms with E-state index >= 15 is 0 Å². The highest BCUT2D eigenvalue weighted by Crippen LogP contribution is 2.34. The molecule has 0 aromatic carbocycles. The fourth-order valence-electron chi connectivity index (χ4n) is 4.85. The zero-order valence-electron chi connectivity index (χ0n) is 16.9. The van der Waals surface area contributed by atoms with Crippen LogP contribution in [0.3, 0.4) is 0 Å². The summed E-state index contributed by atoms with van der Waals surface area (Å²) in [5.41, 5.74) is 0. The van der Waals surface area contributed by atoms with Crippen molar-refractivity contribution < 1.29 is 9.53 Å². The quantitative estimate of drug-likeness (QED) is 0.311. The van der Waals surface area contributed by atoms with E-state index in [-0.39, 0.29) is 18.0 Å². The maximum absolute atomic E-state index is 12.5. The average molecular weight is 351 g/mol. The minimum Gasteiger partial charge on any atom is -0.462 e. The van der Waals surface area contributed by atoms with Crippen LogP contribution in [0.25, 0.3) is 0 Å². The fourth-order valence-corrected chi connectivity index (χ4v) is 4.85. The molecule has 0 atom stereocenters. The van der Waals surface area contributed by atoms with E-state index in [0.717, 1.165) is 37.5 Å². The normalized spacial score (nSPS) is 30.2. The highest BCUT2D eigenvalue weighted by molar-refractivity contribution is 5.72. The van der Waals surface area contributed by atoms with Crippen LogP contribution >= 0.6 is 0 Å². The average Bonchev–Trinajstić information content (AvgIpc) is 2.64. The molecule has 0 unspecified atom stereocenters. The van der Waals surface area contributed by atoms with Crippen molar-refractivity contribution in [2.75, 3.05) is 0 Å². The lowest BCUT2D eigenvalue weighted by Crippen LogP contribution is -2.30. The lowest BCUT2D eigenvalue weighted by atomic mass is 9.79. The van der Waals surface area contributed by atoms with Gasteiger partial charge in [0.25, 0.3) is 0 Å². The first kappa shape index (κ1) is 20.8. The van der Waals surface area contributed by atoms with Crippen molar-refractivity contribution in [3.05, 3.63) is 0 Å². The number of ether oxygens (including phenoxy) is 1. The summed E-state index contributed by atoms with van der Waals surface area (Å²) >= 11 is 0. The van der Waals surface area contributed by atoms with Gasteiger partial charge in [0.2, 0.25) is 0 Å². The molecule has 0 spiro atoms. The van der Waals surface area contributed by atoms with Gasteiger partial charge in [0, 0.05) is 0 Å². The molecule has 0 aromatic heterocycles. The molecule has 0 aliphatic heterocycles. The summed E-state index contributed by atoms with van der Waals surface area (Å²) in [5.74, 6) is 2.08. The van der Waals surface area contributed by atoms with Crippen molar-refractivity contribution in [1.29, 1.82) is 0 Å². The van der Waals surface area contributed by atoms with Crippen molar-refractivity contribution >= 4 is 5.97 Å². The Hall–Kier alpha value is -0.530. The molecule has 2 rings (SSSR count). The monoisotopic (exact) mass is 350 g/mol. The maximum Gasteiger partial charge on any atom is 0.309 e. The first-order valence-electron chi connectivity index (χ1n) is 11.4. The standard InChI is InChI=1S/C23H42O2/c1-3-5-7-9-19-11-15-21(16-12-19)23(24)25-22-17-13-20(14-18-22)10-8-6-4-2/h19-22H,3-18H2,1-2H3/t19?,20-,21?,22-. The number of esters is 1. The predicted octanol–water partition coefficient (Wildman–Crippen LogP) is 7.06. The Balaban J connectivity index is 1.58. The number of unbranched alkanes of at least 4 members (excludes halogenated alkanes) is 4. The number of hydrogen-bond acceptors (Lipinski definition) is 2. The fraction of sp³-hybridized carbons (Fsp3) is 0.957. The molecule has 25 heavy (non-hydrogen) atoms. The maximum atomic E-state index is 12.5. The lowest BCUT2D eigenvalue weighted by molar-refractivity contribution is -0.157. The van der Waals surface area contributed by atoms with Crippen molar-refractivity contribution in [3.8, 4) is 0 Å². The number of hydrogen-bond donors (Lipinski definition) is 0. The van der Waals surface area contributed by atoms with E-state index in [1.807, 2.05) is 0 Å². The summed E-state index contributed by atoms with van der Waals surface area (Å²) < 4.78 is 5.90. The highest BCUT2D eigenvalue weighted by Gasteiger charge is 2.30. The molecule has 0 amide bonds. The summed E-state index contributed by atoms with van der Waals surface area (Å²) in [7, 11) is 0. The molecule has 2 saturated carbocycles. The van der Waals surface area contributed by atoms with E-state index < -0.39 is 0 Å². The topological polar surface area (TPSA) is 26.3 Å². The Morgan fingerprint density at radius 1 is 0.720 bits per heavy atom. The van der Waals surface area contributed by atoms with Gasteiger partial charge in [-0.2, -0.15) is 0 Å². The summed E-state index contributed by atoms with van der Waals surface area (Å²) in [6.45, 7) is 4.54. The van der Waals surface area contributed by atoms with Gasteiger partial charge in [-0.3, -0.25) is 4.79 Å². The number of carbonyl (C=O) groups excluding carboxylic acids is 1. The van der Waals surface area contributed by atoms with Crippen molar-refractivity contribution in [2.24, 2.45) is 17.8 Å². The Morgan fingerprint density at radius 2 is 1.20 bits per heavy atom. The molecule has 2 fully saturated rings. The molecule has 2 aliphatic rings. The van der Waals surface area contributed by atoms with Gasteiger partial charge in [-0.25, -0.2) is 0 Å². The van der Waals surface area contributed by atoms with Gasteiger partial charge in [0.1, 0.15) is 6.10 Å². The zero-order chi connectivity index (χ0) is 17.9. The highest BCUT2D eigenvalue weighted by atomic mass is 16.5. The van der Waals surface area contributed by atoms with Crippen LogP contribution in [-0.2, 0) is 9.53 Å². The summed E-state index contributed by atoms with van der Waals surface area (Å²) in [6, 6.07) is 0. The van der Waals surface area contributed by atoms with Gasteiger partial charge in [0.05, 0.1) is 5.92 Å². The van der Waals surface area contributed by atoms with Gasteiger partial charge in [-0.15, -0.1) is 0 Å². The van der Waals surface area contributed by atoms with Crippen LogP contribution in [0.1, 0.15) is 117 Å². The second-order valence-corrected chi connectivity index (χ2v) is 8.79. The van der Waals surface area contributed by atoms with Gasteiger partial charge in [-0.1, -0.05) is 65.2 Å². The smallest absolute Gasteiger partial charge is 0.309 e. The SMILES string of the molecule is CCCCCC1CCC(C(=O)O[C@H]2CC[C@H](CCCCC)CC2)CC1. The molecule has 0 radical (unpaired) electrons. The Morgan fingerprint density at radius 3 is 1.68 bits per heavy atom. The van der Waals surface area contributed by atoms with Crippen LogP contribution in [0.4, 0.5) is 0 Å². The van der Waals surface area contributed by atoms with Crippen LogP contribution in [0.5, 0.6) is 0 Å². The molecule has 0 bridgehead atoms. The van der Waals surface area contributed by atoms with E-state index in [4.69, 9.17) is 4.74 Å². The minimum atomic E-state index is 0.126. The van der Waals surface area contributed by atoms with E-state index in [0.29, 0.717) is 0 Å². The molecule has 0 aromatic rings. The van der Waals surface area contributed by atoms with Gasteiger partial charge >= 0.3 is 5.97 Å². The van der Waals surface area contributed by atoms with E-state index in [9.17, 15) is 4.79 Å². The van der Waals surface area contributed by atoms with E-state index in [2.05, 4.69) is 13.8 Å². The molecular formula is C23H42O2. The molecule has 0 N–H and O–H groups in total. The molecule has 2 aliphatic carbocycles. The van der Waals surface area contributed by atoms with Gasteiger partial charge < -0.3 is 4.74 Å². The largest absolute Gasteiger partial charge is 0.462 e. The summed E-state index contributed by atoms with van der Waals surface area (Å²) in [6.07, 6.45) is 20.5. The van der Waals surface area contributed by atoms with Crippen molar-refractivity contribution in [3.63, 3.8) is 0 Å². The van der Waals surface area contributed by atoms with Crippen LogP contribution in [0.15, 0.2) is 0 Å². The number of rotatable bonds is 10. The van der Waals surface area contributed by atoms with Crippen LogP contribution < -0.4 is 0 Å². The van der Waals surface area contributed by atoms with Gasteiger partial charge in [0.15, 0.2) is 0 Å². The Labute approximate surface area is 156 Å². The summed E-state index contributed by atoms with van der Waals surface area (Å²) in [5, 5.41) is 0. The van der Waals surface area contributed by atoms with Crippen LogP contribution in [-0.4, -0.2) is 12.1 Å². The summed E-state index contributed by atoms with van der Waals surface area (Å²) in [4.78, 5) is 12.5. The van der Waals surface area contributed by atoms with E-state index in [1.54, 1.807) is 0 Å². The van der Waals surface area contributed by atoms with Crippen molar-refractivity contribution in [1.82, 2.24) is 0 Å². The minimum absolute atomic E-state index is 0.126. The predicted molar refractivity (Wildman–Crippen MR) is 106 cm³/mol. The third-order valence-electron chi connectivity index (χ3n) is 6.69. The van der Waals surface area contributed by atoms with Crippen LogP contribution in [0, 0.1) is 17.8 Å². The van der Waals surface area contributed by atoms with Crippen LogP contribution in [0.2, 0.25) is 0 Å². The number of carbonyl (C=O) groups is 1. The lowest BCUT2D eigenvalue weighted by Gasteiger charge is -2.31. The third kappa shape index (κ3) is 7.71. The first-order chi connectivity index (χ1) is 12.2. The molecule has 2 heteroatoms. The second-order valence-electron chi connectivity index (χ2n) is 8.79. The zero-order valence-corrected chi connectivity index (χ0v) is 16.9. The molecule has 146 valence electrons. The second kappa shape index (κ2) is 12.0. The van der Waals surface area contributed by atoms with Crippen molar-refractivity contribution in [2.45, 2.75) is 123 Å². The van der Waals surface area contributed by atoms with E-state index in [1.165, 1.54) is 77.0 Å². The Kier molecular flexibility index (Phi) is 9.94. The van der Waals surface area contributed by atoms with Gasteiger partial charge in [-0.05, 0) is 63.2 Å². The molecule has 0 saturated heterocycles. The molecular weight excluding hydrogens is 308 g/mol. The molecule has 0 heterocycles. The first-order valence-corrected chi connectivity index (χ1v) is 11.4. The third-order valence-corrected chi connectivity index (χ3v) is 6.69. The Bertz CT molecular complexity index is 349. The molecule has 2 nitrogen and oxygen atoms in total.